The molecule has 1 unspecified atom stereocenters. The zero-order chi connectivity index (χ0) is 33.0. The van der Waals surface area contributed by atoms with Crippen LogP contribution >= 0.6 is 0 Å². The first kappa shape index (κ1) is 34.3. The molecule has 1 saturated heterocycles. The van der Waals surface area contributed by atoms with E-state index in [0.717, 1.165) is 5.56 Å². The van der Waals surface area contributed by atoms with Crippen LogP contribution < -0.4 is 5.32 Å². The van der Waals surface area contributed by atoms with Crippen LogP contribution in [0.2, 0.25) is 0 Å². The molecule has 1 aliphatic heterocycles. The summed E-state index contributed by atoms with van der Waals surface area (Å²) in [5.74, 6) is -2.74. The Kier molecular flexibility index (Phi) is 12.2. The average molecular weight is 624 g/mol. The summed E-state index contributed by atoms with van der Waals surface area (Å²) >= 11 is 0. The minimum atomic E-state index is -1.57. The average Bonchev–Trinajstić information content (AvgIpc) is 3.36. The summed E-state index contributed by atoms with van der Waals surface area (Å²) in [6.45, 7) is 7.33. The molecule has 2 aromatic carbocycles. The van der Waals surface area contributed by atoms with Crippen molar-refractivity contribution in [3.05, 3.63) is 84.4 Å². The molecule has 0 saturated carbocycles. The van der Waals surface area contributed by atoms with E-state index < -0.39 is 60.3 Å². The van der Waals surface area contributed by atoms with E-state index in [-0.39, 0.29) is 32.7 Å². The summed E-state index contributed by atoms with van der Waals surface area (Å²) in [4.78, 5) is 79.5. The third-order valence-corrected chi connectivity index (χ3v) is 6.25. The number of urea groups is 1. The van der Waals surface area contributed by atoms with Gasteiger partial charge in [-0.25, -0.2) is 29.0 Å². The molecule has 1 aliphatic rings. The lowest BCUT2D eigenvalue weighted by Crippen LogP contribution is -2.54. The van der Waals surface area contributed by atoms with E-state index in [9.17, 15) is 28.8 Å². The third-order valence-electron chi connectivity index (χ3n) is 6.25. The van der Waals surface area contributed by atoms with Crippen molar-refractivity contribution in [2.24, 2.45) is 0 Å². The number of imide groups is 2. The SMILES string of the molecule is C=CCOC(=O)[C@@H]1CN(C(=O)OCc2ccccc2)C(=O)N1C(=O)C(CCC(=O)OCc1ccccc1)NC(=O)OC(C)(C)C. The minimum Gasteiger partial charge on any atom is -0.461 e. The lowest BCUT2D eigenvalue weighted by molar-refractivity contribution is -0.151. The summed E-state index contributed by atoms with van der Waals surface area (Å²) < 4.78 is 20.9. The second kappa shape index (κ2) is 16.0. The van der Waals surface area contributed by atoms with Crippen LogP contribution in [0.15, 0.2) is 73.3 Å². The number of nitrogens with one attached hydrogen (secondary N) is 1. The molecular weight excluding hydrogens is 586 g/mol. The zero-order valence-electron chi connectivity index (χ0n) is 25.4. The summed E-state index contributed by atoms with van der Waals surface area (Å²) in [7, 11) is 0. The number of carbonyl (C=O) groups is 6. The van der Waals surface area contributed by atoms with Gasteiger partial charge >= 0.3 is 30.2 Å². The maximum absolute atomic E-state index is 13.9. The number of ether oxygens (including phenoxy) is 4. The summed E-state index contributed by atoms with van der Waals surface area (Å²) in [5, 5.41) is 2.38. The summed E-state index contributed by atoms with van der Waals surface area (Å²) in [5.41, 5.74) is 0.452. The molecule has 0 aromatic heterocycles. The fourth-order valence-electron chi connectivity index (χ4n) is 4.16. The Morgan fingerprint density at radius 1 is 0.933 bits per heavy atom. The van der Waals surface area contributed by atoms with E-state index >= 15 is 0 Å². The van der Waals surface area contributed by atoms with Crippen LogP contribution in [0.5, 0.6) is 0 Å². The largest absolute Gasteiger partial charge is 0.461 e. The first-order chi connectivity index (χ1) is 21.4. The number of benzene rings is 2. The van der Waals surface area contributed by atoms with Gasteiger partial charge in [-0.3, -0.25) is 9.59 Å². The fourth-order valence-corrected chi connectivity index (χ4v) is 4.16. The van der Waals surface area contributed by atoms with Gasteiger partial charge in [0.1, 0.15) is 31.5 Å². The van der Waals surface area contributed by atoms with Crippen molar-refractivity contribution in [3.8, 4) is 0 Å². The molecule has 1 fully saturated rings. The van der Waals surface area contributed by atoms with E-state index in [0.29, 0.717) is 15.4 Å². The van der Waals surface area contributed by atoms with E-state index in [1.165, 1.54) is 6.08 Å². The van der Waals surface area contributed by atoms with Gasteiger partial charge in [0, 0.05) is 6.42 Å². The first-order valence-corrected chi connectivity index (χ1v) is 14.2. The Balaban J connectivity index is 1.80. The lowest BCUT2D eigenvalue weighted by Gasteiger charge is -2.27. The Morgan fingerprint density at radius 2 is 1.51 bits per heavy atom. The topological polar surface area (TPSA) is 158 Å². The van der Waals surface area contributed by atoms with E-state index in [4.69, 9.17) is 18.9 Å². The van der Waals surface area contributed by atoms with Gasteiger partial charge in [-0.15, -0.1) is 0 Å². The molecule has 2 atom stereocenters. The molecule has 3 rings (SSSR count). The maximum Gasteiger partial charge on any atom is 0.418 e. The smallest absolute Gasteiger partial charge is 0.418 e. The third kappa shape index (κ3) is 10.5. The lowest BCUT2D eigenvalue weighted by atomic mass is 10.1. The molecule has 1 N–H and O–H groups in total. The predicted octanol–water partition coefficient (Wildman–Crippen LogP) is 4.10. The van der Waals surface area contributed by atoms with Gasteiger partial charge < -0.3 is 24.3 Å². The zero-order valence-corrected chi connectivity index (χ0v) is 25.4. The Bertz CT molecular complexity index is 1370. The minimum absolute atomic E-state index is 0.0142. The highest BCUT2D eigenvalue weighted by molar-refractivity contribution is 6.08. The number of amides is 5. The molecule has 13 heteroatoms. The Hall–Kier alpha value is -5.20. The molecule has 0 aliphatic carbocycles. The first-order valence-electron chi connectivity index (χ1n) is 14.2. The monoisotopic (exact) mass is 623 g/mol. The number of hydrogen-bond acceptors (Lipinski definition) is 10. The summed E-state index contributed by atoms with van der Waals surface area (Å²) in [6.07, 6.45) is -1.46. The second-order valence-electron chi connectivity index (χ2n) is 11.0. The number of alkyl carbamates (subject to hydrolysis) is 1. The van der Waals surface area contributed by atoms with Gasteiger partial charge in [-0.1, -0.05) is 73.3 Å². The number of nitrogens with zero attached hydrogens (tertiary/aromatic N) is 2. The highest BCUT2D eigenvalue weighted by Gasteiger charge is 2.50. The quantitative estimate of drug-likeness (QED) is 0.207. The number of esters is 2. The van der Waals surface area contributed by atoms with Crippen molar-refractivity contribution >= 4 is 36.1 Å². The van der Waals surface area contributed by atoms with Crippen LogP contribution in [-0.4, -0.2) is 76.7 Å². The molecule has 0 spiro atoms. The fraction of sp³-hybridized carbons (Fsp3) is 0.375. The standard InChI is InChI=1S/C32H37N3O10/c1-5-18-42-28(38)25-19-34(31(41)44-21-23-14-10-7-11-15-23)30(40)35(25)27(37)24(33-29(39)45-32(2,3)4)16-17-26(36)43-20-22-12-8-6-9-13-22/h5-15,24-25H,1,16-21H2,2-4H3,(H,33,39)/t24?,25-/m0/s1. The number of rotatable bonds is 12. The number of hydrogen-bond donors (Lipinski definition) is 1. The molecule has 5 amide bonds. The van der Waals surface area contributed by atoms with Crippen LogP contribution in [0.3, 0.4) is 0 Å². The van der Waals surface area contributed by atoms with E-state index in [1.807, 2.05) is 6.07 Å². The molecule has 45 heavy (non-hydrogen) atoms. The van der Waals surface area contributed by atoms with Crippen molar-refractivity contribution in [3.63, 3.8) is 0 Å². The predicted molar refractivity (Wildman–Crippen MR) is 159 cm³/mol. The van der Waals surface area contributed by atoms with Gasteiger partial charge in [-0.2, -0.15) is 0 Å². The van der Waals surface area contributed by atoms with Crippen LogP contribution in [-0.2, 0) is 46.5 Å². The van der Waals surface area contributed by atoms with Gasteiger partial charge in [0.05, 0.1) is 6.54 Å². The van der Waals surface area contributed by atoms with Crippen molar-refractivity contribution in [2.45, 2.75) is 64.5 Å². The molecule has 0 bridgehead atoms. The van der Waals surface area contributed by atoms with Crippen molar-refractivity contribution < 1.29 is 47.7 Å². The molecule has 2 aromatic rings. The van der Waals surface area contributed by atoms with Gasteiger partial charge in [-0.05, 0) is 38.3 Å². The number of carbonyl (C=O) groups excluding carboxylic acids is 6. The van der Waals surface area contributed by atoms with E-state index in [1.54, 1.807) is 75.4 Å². The molecule has 0 radical (unpaired) electrons. The second-order valence-corrected chi connectivity index (χ2v) is 11.0. The molecule has 240 valence electrons. The van der Waals surface area contributed by atoms with Gasteiger partial charge in [0.15, 0.2) is 6.04 Å². The normalized spacial score (nSPS) is 15.1. The van der Waals surface area contributed by atoms with Crippen LogP contribution in [0.1, 0.15) is 44.7 Å². The van der Waals surface area contributed by atoms with Gasteiger partial charge in [0.2, 0.25) is 0 Å². The highest BCUT2D eigenvalue weighted by Crippen LogP contribution is 2.22. The van der Waals surface area contributed by atoms with Crippen molar-refractivity contribution in [1.29, 1.82) is 0 Å². The molecule has 1 heterocycles. The van der Waals surface area contributed by atoms with Crippen LogP contribution in [0.25, 0.3) is 0 Å². The molecule has 13 nitrogen and oxygen atoms in total. The maximum atomic E-state index is 13.9. The Labute approximate surface area is 261 Å². The van der Waals surface area contributed by atoms with Crippen LogP contribution in [0, 0.1) is 0 Å². The van der Waals surface area contributed by atoms with Crippen molar-refractivity contribution in [2.75, 3.05) is 13.2 Å². The molecular formula is C32H37N3O10. The van der Waals surface area contributed by atoms with Gasteiger partial charge in [0.25, 0.3) is 5.91 Å². The van der Waals surface area contributed by atoms with Crippen LogP contribution in [0.4, 0.5) is 14.4 Å². The Morgan fingerprint density at radius 3 is 2.07 bits per heavy atom. The summed E-state index contributed by atoms with van der Waals surface area (Å²) in [6, 6.07) is 13.3. The van der Waals surface area contributed by atoms with Crippen molar-refractivity contribution in [1.82, 2.24) is 15.1 Å². The highest BCUT2D eigenvalue weighted by atomic mass is 16.6. The van der Waals surface area contributed by atoms with E-state index in [2.05, 4.69) is 11.9 Å².